The van der Waals surface area contributed by atoms with Crippen molar-refractivity contribution in [2.45, 2.75) is 13.5 Å². The molecule has 0 spiro atoms. The van der Waals surface area contributed by atoms with E-state index in [0.717, 1.165) is 17.0 Å². The van der Waals surface area contributed by atoms with Crippen LogP contribution in [0.15, 0.2) is 34.4 Å². The number of hydrogen-bond donors (Lipinski definition) is 1. The molecule has 1 amide bonds. The first kappa shape index (κ1) is 12.9. The van der Waals surface area contributed by atoms with Gasteiger partial charge in [0.25, 0.3) is 0 Å². The first-order valence-electron chi connectivity index (χ1n) is 5.26. The second kappa shape index (κ2) is 5.37. The number of carbonyl (C=O) groups is 1. The molecule has 94 valence electrons. The Hall–Kier alpha value is -1.59. The Morgan fingerprint density at radius 2 is 2.06 bits per heavy atom. The highest BCUT2D eigenvalue weighted by atomic mass is 35.5. The van der Waals surface area contributed by atoms with Crippen LogP contribution >= 0.6 is 22.9 Å². The van der Waals surface area contributed by atoms with Gasteiger partial charge < -0.3 is 5.32 Å². The minimum Gasteiger partial charge on any atom is -0.325 e. The Bertz CT molecular complexity index is 616. The summed E-state index contributed by atoms with van der Waals surface area (Å²) in [5.74, 6) is -0.235. The predicted molar refractivity (Wildman–Crippen MR) is 73.4 cm³/mol. The predicted octanol–water partition coefficient (Wildman–Crippen LogP) is 2.51. The summed E-state index contributed by atoms with van der Waals surface area (Å²) >= 11 is 6.84. The number of halogens is 1. The topological polar surface area (TPSA) is 51.1 Å². The van der Waals surface area contributed by atoms with E-state index < -0.39 is 0 Å². The number of thiazole rings is 1. The van der Waals surface area contributed by atoms with Crippen LogP contribution in [0.3, 0.4) is 0 Å². The normalized spacial score (nSPS) is 10.3. The molecule has 0 aliphatic rings. The first-order chi connectivity index (χ1) is 8.56. The Labute approximate surface area is 113 Å². The van der Waals surface area contributed by atoms with Gasteiger partial charge in [-0.3, -0.25) is 14.2 Å². The lowest BCUT2D eigenvalue weighted by Crippen LogP contribution is -2.25. The van der Waals surface area contributed by atoms with Gasteiger partial charge in [0.1, 0.15) is 6.54 Å². The molecular formula is C12H11ClN2O2S. The number of anilines is 1. The average Bonchev–Trinajstić information content (AvgIpc) is 2.64. The molecular weight excluding hydrogens is 272 g/mol. The molecule has 1 aromatic carbocycles. The fraction of sp³-hybridized carbons (Fsp3) is 0.167. The molecule has 1 N–H and O–H groups in total. The second-order valence-corrected chi connectivity index (χ2v) is 5.04. The van der Waals surface area contributed by atoms with Crippen molar-refractivity contribution in [3.8, 4) is 0 Å². The largest absolute Gasteiger partial charge is 0.325 e. The molecule has 2 aromatic rings. The number of hydrogen-bond acceptors (Lipinski definition) is 3. The maximum absolute atomic E-state index is 11.8. The molecule has 1 heterocycles. The summed E-state index contributed by atoms with van der Waals surface area (Å²) in [6, 6.07) is 6.81. The van der Waals surface area contributed by atoms with Crippen LogP contribution < -0.4 is 10.2 Å². The van der Waals surface area contributed by atoms with Crippen LogP contribution in [-0.4, -0.2) is 10.5 Å². The van der Waals surface area contributed by atoms with Crippen LogP contribution in [0, 0.1) is 6.92 Å². The van der Waals surface area contributed by atoms with Gasteiger partial charge in [-0.05, 0) is 31.2 Å². The Morgan fingerprint density at radius 3 is 2.61 bits per heavy atom. The van der Waals surface area contributed by atoms with Gasteiger partial charge >= 0.3 is 4.87 Å². The van der Waals surface area contributed by atoms with Crippen molar-refractivity contribution < 1.29 is 4.79 Å². The SMILES string of the molecule is Cc1csc(=O)n1CC(=O)Nc1ccc(Cl)cc1. The number of nitrogens with one attached hydrogen (secondary N) is 1. The van der Waals surface area contributed by atoms with E-state index in [1.807, 2.05) is 0 Å². The minimum atomic E-state index is -0.235. The Morgan fingerprint density at radius 1 is 1.39 bits per heavy atom. The first-order valence-corrected chi connectivity index (χ1v) is 6.52. The van der Waals surface area contributed by atoms with Gasteiger partial charge in [0, 0.05) is 21.8 Å². The molecule has 6 heteroatoms. The van der Waals surface area contributed by atoms with Crippen LogP contribution in [0.4, 0.5) is 5.69 Å². The van der Waals surface area contributed by atoms with Crippen molar-refractivity contribution in [2.24, 2.45) is 0 Å². The molecule has 0 atom stereocenters. The lowest BCUT2D eigenvalue weighted by atomic mass is 10.3. The van der Waals surface area contributed by atoms with Crippen LogP contribution in [0.2, 0.25) is 5.02 Å². The van der Waals surface area contributed by atoms with Gasteiger partial charge in [0.2, 0.25) is 5.91 Å². The lowest BCUT2D eigenvalue weighted by Gasteiger charge is -2.06. The van der Waals surface area contributed by atoms with Crippen molar-refractivity contribution in [1.82, 2.24) is 4.57 Å². The molecule has 0 aliphatic heterocycles. The fourth-order valence-electron chi connectivity index (χ4n) is 1.47. The lowest BCUT2D eigenvalue weighted by molar-refractivity contribution is -0.116. The van der Waals surface area contributed by atoms with Gasteiger partial charge in [0.05, 0.1) is 0 Å². The quantitative estimate of drug-likeness (QED) is 0.940. The molecule has 18 heavy (non-hydrogen) atoms. The summed E-state index contributed by atoms with van der Waals surface area (Å²) in [6.07, 6.45) is 0. The number of carbonyl (C=O) groups excluding carboxylic acids is 1. The highest BCUT2D eigenvalue weighted by Crippen LogP contribution is 2.13. The van der Waals surface area contributed by atoms with E-state index in [1.165, 1.54) is 4.57 Å². The smallest absolute Gasteiger partial charge is 0.307 e. The molecule has 0 saturated heterocycles. The average molecular weight is 283 g/mol. The maximum atomic E-state index is 11.8. The van der Waals surface area contributed by atoms with Crippen LogP contribution in [0.1, 0.15) is 5.69 Å². The Balaban J connectivity index is 2.05. The van der Waals surface area contributed by atoms with Crippen LogP contribution in [0.25, 0.3) is 0 Å². The molecule has 0 aliphatic carbocycles. The molecule has 0 fully saturated rings. The van der Waals surface area contributed by atoms with E-state index in [0.29, 0.717) is 10.7 Å². The third-order valence-electron chi connectivity index (χ3n) is 2.41. The van der Waals surface area contributed by atoms with Gasteiger partial charge in [-0.25, -0.2) is 0 Å². The monoisotopic (exact) mass is 282 g/mol. The van der Waals surface area contributed by atoms with E-state index in [-0.39, 0.29) is 17.3 Å². The van der Waals surface area contributed by atoms with Gasteiger partial charge in [-0.1, -0.05) is 22.9 Å². The zero-order valence-corrected chi connectivity index (χ0v) is 11.2. The summed E-state index contributed by atoms with van der Waals surface area (Å²) in [4.78, 5) is 23.1. The number of amides is 1. The van der Waals surface area contributed by atoms with E-state index in [1.54, 1.807) is 36.6 Å². The third kappa shape index (κ3) is 3.00. The van der Waals surface area contributed by atoms with Crippen molar-refractivity contribution in [1.29, 1.82) is 0 Å². The van der Waals surface area contributed by atoms with Gasteiger partial charge in [-0.2, -0.15) is 0 Å². The maximum Gasteiger partial charge on any atom is 0.307 e. The minimum absolute atomic E-state index is 0.0246. The fourth-order valence-corrected chi connectivity index (χ4v) is 2.33. The molecule has 0 radical (unpaired) electrons. The van der Waals surface area contributed by atoms with Crippen molar-refractivity contribution >= 4 is 34.5 Å². The number of rotatable bonds is 3. The molecule has 4 nitrogen and oxygen atoms in total. The van der Waals surface area contributed by atoms with Crippen molar-refractivity contribution in [3.63, 3.8) is 0 Å². The number of nitrogens with zero attached hydrogens (tertiary/aromatic N) is 1. The Kier molecular flexibility index (Phi) is 3.84. The van der Waals surface area contributed by atoms with E-state index in [4.69, 9.17) is 11.6 Å². The third-order valence-corrected chi connectivity index (χ3v) is 3.54. The molecule has 0 saturated carbocycles. The zero-order valence-electron chi connectivity index (χ0n) is 9.64. The molecule has 2 rings (SSSR count). The number of aryl methyl sites for hydroxylation is 1. The van der Waals surface area contributed by atoms with Crippen LogP contribution in [-0.2, 0) is 11.3 Å². The van der Waals surface area contributed by atoms with Gasteiger partial charge in [-0.15, -0.1) is 0 Å². The van der Waals surface area contributed by atoms with Crippen molar-refractivity contribution in [2.75, 3.05) is 5.32 Å². The molecule has 1 aromatic heterocycles. The highest BCUT2D eigenvalue weighted by Gasteiger charge is 2.08. The highest BCUT2D eigenvalue weighted by molar-refractivity contribution is 7.07. The summed E-state index contributed by atoms with van der Waals surface area (Å²) in [5.41, 5.74) is 1.45. The second-order valence-electron chi connectivity index (χ2n) is 3.78. The van der Waals surface area contributed by atoms with E-state index in [9.17, 15) is 9.59 Å². The van der Waals surface area contributed by atoms with E-state index in [2.05, 4.69) is 5.32 Å². The summed E-state index contributed by atoms with van der Waals surface area (Å²) < 4.78 is 1.44. The number of aromatic nitrogens is 1. The van der Waals surface area contributed by atoms with Crippen molar-refractivity contribution in [3.05, 3.63) is 50.0 Å². The van der Waals surface area contributed by atoms with Crippen LogP contribution in [0.5, 0.6) is 0 Å². The summed E-state index contributed by atoms with van der Waals surface area (Å²) in [6.45, 7) is 1.82. The zero-order chi connectivity index (χ0) is 13.1. The molecule has 0 bridgehead atoms. The van der Waals surface area contributed by atoms with E-state index >= 15 is 0 Å². The summed E-state index contributed by atoms with van der Waals surface area (Å²) in [5, 5.41) is 5.05. The molecule has 0 unspecified atom stereocenters. The van der Waals surface area contributed by atoms with Gasteiger partial charge in [0.15, 0.2) is 0 Å². The summed E-state index contributed by atoms with van der Waals surface area (Å²) in [7, 11) is 0. The standard InChI is InChI=1S/C12H11ClN2O2S/c1-8-7-18-12(17)15(8)6-11(16)14-10-4-2-9(13)3-5-10/h2-5,7H,6H2,1H3,(H,14,16). The number of benzene rings is 1.